The number of carbonyl (C=O) groups excluding carboxylic acids is 1. The molecule has 1 aliphatic heterocycles. The molecule has 1 atom stereocenters. The molecular formula is C17H19N3O4. The number of hydrogen-bond donors (Lipinski definition) is 1. The number of amides is 1. The van der Waals surface area contributed by atoms with Crippen LogP contribution in [0.25, 0.3) is 5.69 Å². The van der Waals surface area contributed by atoms with E-state index in [0.29, 0.717) is 19.4 Å². The first-order valence-corrected chi connectivity index (χ1v) is 7.71. The van der Waals surface area contributed by atoms with Crippen LogP contribution in [0.15, 0.2) is 36.5 Å². The van der Waals surface area contributed by atoms with Crippen LogP contribution in [-0.4, -0.2) is 50.9 Å². The Balaban J connectivity index is 1.84. The standard InChI is InChI=1S/C17H19N3O4/c1-17(16(22)23)9-3-10-19(17)15(21)14-8-11-20(18-14)12-4-6-13(24-2)7-5-12/h4-8,11H,3,9-10H2,1-2H3,(H,22,23). The number of ether oxygens (including phenoxy) is 1. The van der Waals surface area contributed by atoms with Crippen LogP contribution in [0.5, 0.6) is 5.75 Å². The Hall–Kier alpha value is -2.83. The number of aromatic nitrogens is 2. The van der Waals surface area contributed by atoms with Gasteiger partial charge < -0.3 is 14.7 Å². The summed E-state index contributed by atoms with van der Waals surface area (Å²) in [4.78, 5) is 25.6. The van der Waals surface area contributed by atoms with Crippen LogP contribution < -0.4 is 4.74 Å². The first kappa shape index (κ1) is 16.0. The molecule has 0 aliphatic carbocycles. The lowest BCUT2D eigenvalue weighted by atomic mass is 9.99. The summed E-state index contributed by atoms with van der Waals surface area (Å²) in [5, 5.41) is 13.7. The van der Waals surface area contributed by atoms with Gasteiger partial charge in [0.25, 0.3) is 5.91 Å². The van der Waals surface area contributed by atoms with Crippen molar-refractivity contribution in [1.29, 1.82) is 0 Å². The van der Waals surface area contributed by atoms with E-state index in [9.17, 15) is 14.7 Å². The number of rotatable bonds is 4. The molecule has 3 rings (SSSR count). The number of hydrogen-bond acceptors (Lipinski definition) is 4. The molecule has 0 radical (unpaired) electrons. The number of benzene rings is 1. The van der Waals surface area contributed by atoms with E-state index in [2.05, 4.69) is 5.10 Å². The Morgan fingerprint density at radius 3 is 2.58 bits per heavy atom. The Morgan fingerprint density at radius 1 is 1.25 bits per heavy atom. The van der Waals surface area contributed by atoms with E-state index in [-0.39, 0.29) is 11.6 Å². The highest BCUT2D eigenvalue weighted by molar-refractivity contribution is 5.96. The molecule has 24 heavy (non-hydrogen) atoms. The van der Waals surface area contributed by atoms with Crippen molar-refractivity contribution in [1.82, 2.24) is 14.7 Å². The third kappa shape index (κ3) is 2.62. The third-order valence-corrected chi connectivity index (χ3v) is 4.49. The Morgan fingerprint density at radius 2 is 1.96 bits per heavy atom. The lowest BCUT2D eigenvalue weighted by Crippen LogP contribution is -2.50. The fourth-order valence-corrected chi connectivity index (χ4v) is 2.97. The lowest BCUT2D eigenvalue weighted by Gasteiger charge is -2.30. The zero-order valence-electron chi connectivity index (χ0n) is 13.6. The molecule has 7 nitrogen and oxygen atoms in total. The molecule has 1 aliphatic rings. The second-order valence-electron chi connectivity index (χ2n) is 5.98. The van der Waals surface area contributed by atoms with Crippen molar-refractivity contribution in [2.24, 2.45) is 0 Å². The number of aliphatic carboxylic acids is 1. The molecule has 126 valence electrons. The van der Waals surface area contributed by atoms with Crippen LogP contribution in [0.1, 0.15) is 30.3 Å². The molecule has 0 spiro atoms. The summed E-state index contributed by atoms with van der Waals surface area (Å²) >= 11 is 0. The van der Waals surface area contributed by atoms with E-state index in [1.807, 2.05) is 12.1 Å². The summed E-state index contributed by atoms with van der Waals surface area (Å²) in [5.74, 6) is -0.607. The van der Waals surface area contributed by atoms with Crippen molar-refractivity contribution in [3.8, 4) is 11.4 Å². The van der Waals surface area contributed by atoms with Crippen molar-refractivity contribution in [3.63, 3.8) is 0 Å². The fraction of sp³-hybridized carbons (Fsp3) is 0.353. The molecule has 7 heteroatoms. The summed E-state index contributed by atoms with van der Waals surface area (Å²) in [7, 11) is 1.59. The van der Waals surface area contributed by atoms with Crippen molar-refractivity contribution in [3.05, 3.63) is 42.2 Å². The number of carboxylic acid groups (broad SMARTS) is 1. The van der Waals surface area contributed by atoms with Gasteiger partial charge in [0.05, 0.1) is 12.8 Å². The van der Waals surface area contributed by atoms with Gasteiger partial charge in [0, 0.05) is 12.7 Å². The maximum atomic E-state index is 12.7. The molecule has 2 aromatic rings. The Labute approximate surface area is 139 Å². The van der Waals surface area contributed by atoms with Crippen molar-refractivity contribution in [2.45, 2.75) is 25.3 Å². The van der Waals surface area contributed by atoms with Gasteiger partial charge in [-0.2, -0.15) is 5.10 Å². The minimum Gasteiger partial charge on any atom is -0.497 e. The van der Waals surface area contributed by atoms with Gasteiger partial charge in [0.15, 0.2) is 5.69 Å². The van der Waals surface area contributed by atoms with Gasteiger partial charge in [-0.25, -0.2) is 9.48 Å². The number of carboxylic acids is 1. The molecule has 1 fully saturated rings. The van der Waals surface area contributed by atoms with Crippen LogP contribution >= 0.6 is 0 Å². The number of nitrogens with zero attached hydrogens (tertiary/aromatic N) is 3. The number of likely N-dealkylation sites (tertiary alicyclic amines) is 1. The van der Waals surface area contributed by atoms with E-state index >= 15 is 0 Å². The van der Waals surface area contributed by atoms with Gasteiger partial charge in [0.1, 0.15) is 11.3 Å². The van der Waals surface area contributed by atoms with Gasteiger partial charge >= 0.3 is 5.97 Å². The zero-order chi connectivity index (χ0) is 17.3. The average Bonchev–Trinajstić information content (AvgIpc) is 3.22. The van der Waals surface area contributed by atoms with Crippen LogP contribution in [0.3, 0.4) is 0 Å². The normalized spacial score (nSPS) is 20.2. The smallest absolute Gasteiger partial charge is 0.329 e. The monoisotopic (exact) mass is 329 g/mol. The van der Waals surface area contributed by atoms with Gasteiger partial charge in [-0.15, -0.1) is 0 Å². The second-order valence-corrected chi connectivity index (χ2v) is 5.98. The first-order chi connectivity index (χ1) is 11.5. The van der Waals surface area contributed by atoms with Crippen LogP contribution in [-0.2, 0) is 4.79 Å². The second kappa shape index (κ2) is 5.99. The lowest BCUT2D eigenvalue weighted by molar-refractivity contribution is -0.147. The topological polar surface area (TPSA) is 84.7 Å². The maximum Gasteiger partial charge on any atom is 0.329 e. The molecule has 1 N–H and O–H groups in total. The van der Waals surface area contributed by atoms with Crippen LogP contribution in [0, 0.1) is 0 Å². The van der Waals surface area contributed by atoms with Gasteiger partial charge in [-0.05, 0) is 50.1 Å². The zero-order valence-corrected chi connectivity index (χ0v) is 13.6. The Kier molecular flexibility index (Phi) is 4.01. The SMILES string of the molecule is COc1ccc(-n2ccc(C(=O)N3CCCC3(C)C(=O)O)n2)cc1. The van der Waals surface area contributed by atoms with Gasteiger partial charge in [0.2, 0.25) is 0 Å². The molecule has 1 saturated heterocycles. The minimum absolute atomic E-state index is 0.236. The fourth-order valence-electron chi connectivity index (χ4n) is 2.97. The van der Waals surface area contributed by atoms with Crippen molar-refractivity contribution >= 4 is 11.9 Å². The first-order valence-electron chi connectivity index (χ1n) is 7.71. The molecule has 1 aromatic heterocycles. The van der Waals surface area contributed by atoms with Crippen LogP contribution in [0.2, 0.25) is 0 Å². The largest absolute Gasteiger partial charge is 0.497 e. The highest BCUT2D eigenvalue weighted by Gasteiger charge is 2.46. The molecule has 0 saturated carbocycles. The molecule has 1 unspecified atom stereocenters. The molecule has 1 amide bonds. The van der Waals surface area contributed by atoms with Gasteiger partial charge in [-0.3, -0.25) is 4.79 Å². The van der Waals surface area contributed by atoms with Gasteiger partial charge in [-0.1, -0.05) is 0 Å². The molecular weight excluding hydrogens is 310 g/mol. The predicted octanol–water partition coefficient (Wildman–Crippen LogP) is 1.96. The molecule has 0 bridgehead atoms. The Bertz CT molecular complexity index is 768. The summed E-state index contributed by atoms with van der Waals surface area (Å²) in [5.41, 5.74) is -0.140. The van der Waals surface area contributed by atoms with E-state index < -0.39 is 11.5 Å². The predicted molar refractivity (Wildman–Crippen MR) is 86.4 cm³/mol. The summed E-state index contributed by atoms with van der Waals surface area (Å²) in [6, 6.07) is 8.88. The molecule has 2 heterocycles. The quantitative estimate of drug-likeness (QED) is 0.927. The number of carbonyl (C=O) groups is 2. The number of methoxy groups -OCH3 is 1. The minimum atomic E-state index is -1.17. The average molecular weight is 329 g/mol. The summed E-state index contributed by atoms with van der Waals surface area (Å²) < 4.78 is 6.70. The van der Waals surface area contributed by atoms with E-state index in [1.54, 1.807) is 43.1 Å². The maximum absolute atomic E-state index is 12.7. The van der Waals surface area contributed by atoms with Crippen LogP contribution in [0.4, 0.5) is 0 Å². The third-order valence-electron chi connectivity index (χ3n) is 4.49. The summed E-state index contributed by atoms with van der Waals surface area (Å²) in [6.45, 7) is 2.01. The summed E-state index contributed by atoms with van der Waals surface area (Å²) in [6.07, 6.45) is 2.81. The van der Waals surface area contributed by atoms with E-state index in [4.69, 9.17) is 4.74 Å². The van der Waals surface area contributed by atoms with Crippen molar-refractivity contribution < 1.29 is 19.4 Å². The highest BCUT2D eigenvalue weighted by Crippen LogP contribution is 2.30. The van der Waals surface area contributed by atoms with E-state index in [1.165, 1.54) is 4.90 Å². The highest BCUT2D eigenvalue weighted by atomic mass is 16.5. The molecule has 1 aromatic carbocycles. The van der Waals surface area contributed by atoms with Crippen molar-refractivity contribution in [2.75, 3.05) is 13.7 Å². The van der Waals surface area contributed by atoms with E-state index in [0.717, 1.165) is 11.4 Å².